The molecule has 2 heterocycles. The van der Waals surface area contributed by atoms with Crippen LogP contribution in [0.4, 0.5) is 0 Å². The zero-order chi connectivity index (χ0) is 22.6. The molecule has 6 heteroatoms. The maximum absolute atomic E-state index is 12.0. The number of furan rings is 1. The summed E-state index contributed by atoms with van der Waals surface area (Å²) in [7, 11) is 0. The molecular weight excluding hydrogens is 450 g/mol. The molecule has 0 aliphatic carbocycles. The standard InChI is InChI=1S/C28H27NO4.ClH/c30-19-21-10-13-23(32-17-16-29-14-4-1-5-15-29)18-25(21)27-24-6-2-3-7-26(24)33-28(27)20-8-11-22(31)12-9-20;/h2-3,6-13,18-19,31H,1,4-5,14-17H2;1H. The van der Waals surface area contributed by atoms with Crippen LogP contribution in [0.3, 0.4) is 0 Å². The van der Waals surface area contributed by atoms with Crippen molar-refractivity contribution in [3.8, 4) is 33.9 Å². The van der Waals surface area contributed by atoms with Gasteiger partial charge in [-0.15, -0.1) is 12.4 Å². The SMILES string of the molecule is Cl.O=Cc1ccc(OCCN2CCCCC2)cc1-c1c(-c2ccc(O)cc2)oc2ccccc12. The van der Waals surface area contributed by atoms with Crippen LogP contribution in [0.1, 0.15) is 29.6 Å². The number of aromatic hydroxyl groups is 1. The van der Waals surface area contributed by atoms with Crippen LogP contribution in [-0.2, 0) is 0 Å². The van der Waals surface area contributed by atoms with Crippen molar-refractivity contribution in [2.24, 2.45) is 0 Å². The van der Waals surface area contributed by atoms with Gasteiger partial charge in [0.2, 0.25) is 0 Å². The van der Waals surface area contributed by atoms with Crippen LogP contribution in [0.15, 0.2) is 71.1 Å². The second kappa shape index (κ2) is 10.8. The molecule has 0 amide bonds. The van der Waals surface area contributed by atoms with Gasteiger partial charge in [-0.2, -0.15) is 0 Å². The van der Waals surface area contributed by atoms with Gasteiger partial charge in [-0.05, 0) is 74.5 Å². The summed E-state index contributed by atoms with van der Waals surface area (Å²) in [6, 6.07) is 20.3. The van der Waals surface area contributed by atoms with Crippen LogP contribution < -0.4 is 4.74 Å². The first-order valence-electron chi connectivity index (χ1n) is 11.5. The van der Waals surface area contributed by atoms with Gasteiger partial charge in [0.15, 0.2) is 6.29 Å². The zero-order valence-corrected chi connectivity index (χ0v) is 19.7. The highest BCUT2D eigenvalue weighted by Crippen LogP contribution is 2.43. The Balaban J connectivity index is 0.00000274. The van der Waals surface area contributed by atoms with Crippen LogP contribution in [-0.4, -0.2) is 42.5 Å². The van der Waals surface area contributed by atoms with E-state index in [-0.39, 0.29) is 18.2 Å². The Hall–Kier alpha value is -3.28. The van der Waals surface area contributed by atoms with E-state index in [1.54, 1.807) is 18.2 Å². The minimum Gasteiger partial charge on any atom is -0.508 e. The monoisotopic (exact) mass is 477 g/mol. The van der Waals surface area contributed by atoms with Gasteiger partial charge >= 0.3 is 0 Å². The molecule has 1 aliphatic rings. The van der Waals surface area contributed by atoms with Crippen molar-refractivity contribution in [3.63, 3.8) is 0 Å². The topological polar surface area (TPSA) is 62.9 Å². The van der Waals surface area contributed by atoms with Crippen LogP contribution in [0.2, 0.25) is 0 Å². The molecule has 4 aromatic rings. The van der Waals surface area contributed by atoms with E-state index in [1.165, 1.54) is 19.3 Å². The van der Waals surface area contributed by atoms with Gasteiger partial charge in [-0.3, -0.25) is 9.69 Å². The van der Waals surface area contributed by atoms with Crippen molar-refractivity contribution in [2.75, 3.05) is 26.2 Å². The van der Waals surface area contributed by atoms with E-state index in [9.17, 15) is 9.90 Å². The molecule has 176 valence electrons. The number of benzene rings is 3. The lowest BCUT2D eigenvalue weighted by Crippen LogP contribution is -2.33. The number of phenols is 1. The van der Waals surface area contributed by atoms with Crippen molar-refractivity contribution in [1.82, 2.24) is 4.90 Å². The number of likely N-dealkylation sites (tertiary alicyclic amines) is 1. The average Bonchev–Trinajstić information content (AvgIpc) is 3.24. The van der Waals surface area contributed by atoms with Gasteiger partial charge in [0, 0.05) is 34.2 Å². The summed E-state index contributed by atoms with van der Waals surface area (Å²) >= 11 is 0. The second-order valence-electron chi connectivity index (χ2n) is 8.47. The Kier molecular flexibility index (Phi) is 7.56. The first-order chi connectivity index (χ1) is 16.2. The Labute approximate surface area is 205 Å². The lowest BCUT2D eigenvalue weighted by Gasteiger charge is -2.26. The van der Waals surface area contributed by atoms with Crippen molar-refractivity contribution < 1.29 is 19.1 Å². The predicted molar refractivity (Wildman–Crippen MR) is 137 cm³/mol. The summed E-state index contributed by atoms with van der Waals surface area (Å²) in [6.07, 6.45) is 4.70. The number of nitrogens with zero attached hydrogens (tertiary/aromatic N) is 1. The lowest BCUT2D eigenvalue weighted by atomic mass is 9.95. The fourth-order valence-corrected chi connectivity index (χ4v) is 4.55. The number of carbonyl (C=O) groups excluding carboxylic acids is 1. The van der Waals surface area contributed by atoms with Gasteiger partial charge in [-0.1, -0.05) is 24.6 Å². The van der Waals surface area contributed by atoms with Crippen LogP contribution >= 0.6 is 12.4 Å². The zero-order valence-electron chi connectivity index (χ0n) is 18.9. The molecule has 1 N–H and O–H groups in total. The number of rotatable bonds is 7. The van der Waals surface area contributed by atoms with Crippen molar-refractivity contribution >= 4 is 29.7 Å². The van der Waals surface area contributed by atoms with E-state index in [0.29, 0.717) is 17.9 Å². The largest absolute Gasteiger partial charge is 0.508 e. The number of aldehydes is 1. The Morgan fingerprint density at radius 3 is 2.50 bits per heavy atom. The fraction of sp³-hybridized carbons (Fsp3) is 0.250. The highest BCUT2D eigenvalue weighted by molar-refractivity contribution is 6.05. The third-order valence-electron chi connectivity index (χ3n) is 6.27. The molecule has 0 radical (unpaired) electrons. The fourth-order valence-electron chi connectivity index (χ4n) is 4.55. The summed E-state index contributed by atoms with van der Waals surface area (Å²) in [5, 5.41) is 10.7. The number of fused-ring (bicyclic) bond motifs is 1. The maximum Gasteiger partial charge on any atom is 0.150 e. The number of halogens is 1. The first kappa shape index (κ1) is 23.9. The van der Waals surface area contributed by atoms with E-state index in [0.717, 1.165) is 59.3 Å². The van der Waals surface area contributed by atoms with Crippen molar-refractivity contribution in [2.45, 2.75) is 19.3 Å². The molecule has 0 atom stereocenters. The van der Waals surface area contributed by atoms with Crippen molar-refractivity contribution in [3.05, 3.63) is 72.3 Å². The number of hydrogen-bond acceptors (Lipinski definition) is 5. The number of piperidine rings is 1. The summed E-state index contributed by atoms with van der Waals surface area (Å²) < 4.78 is 12.3. The van der Waals surface area contributed by atoms with Gasteiger partial charge in [0.05, 0.1) is 0 Å². The predicted octanol–water partition coefficient (Wildman–Crippen LogP) is 6.57. The second-order valence-corrected chi connectivity index (χ2v) is 8.47. The molecular formula is C28H28ClNO4. The van der Waals surface area contributed by atoms with Gasteiger partial charge in [-0.25, -0.2) is 0 Å². The highest BCUT2D eigenvalue weighted by Gasteiger charge is 2.20. The van der Waals surface area contributed by atoms with E-state index in [2.05, 4.69) is 4.90 Å². The molecule has 1 aromatic heterocycles. The van der Waals surface area contributed by atoms with Gasteiger partial charge < -0.3 is 14.3 Å². The molecule has 1 fully saturated rings. The van der Waals surface area contributed by atoms with Crippen LogP contribution in [0.5, 0.6) is 11.5 Å². The normalized spacial score (nSPS) is 14.0. The number of hydrogen-bond donors (Lipinski definition) is 1. The Morgan fingerprint density at radius 2 is 1.74 bits per heavy atom. The Morgan fingerprint density at radius 1 is 0.971 bits per heavy atom. The molecule has 1 saturated heterocycles. The average molecular weight is 478 g/mol. The highest BCUT2D eigenvalue weighted by atomic mass is 35.5. The van der Waals surface area contributed by atoms with E-state index in [4.69, 9.17) is 9.15 Å². The molecule has 0 saturated carbocycles. The van der Waals surface area contributed by atoms with Crippen molar-refractivity contribution in [1.29, 1.82) is 0 Å². The quantitative estimate of drug-likeness (QED) is 0.305. The molecule has 34 heavy (non-hydrogen) atoms. The van der Waals surface area contributed by atoms with E-state index >= 15 is 0 Å². The molecule has 5 nitrogen and oxygen atoms in total. The molecule has 0 bridgehead atoms. The third-order valence-corrected chi connectivity index (χ3v) is 6.27. The summed E-state index contributed by atoms with van der Waals surface area (Å²) in [6.45, 7) is 3.78. The minimum absolute atomic E-state index is 0. The third kappa shape index (κ3) is 4.96. The molecule has 0 spiro atoms. The smallest absolute Gasteiger partial charge is 0.150 e. The summed E-state index contributed by atoms with van der Waals surface area (Å²) in [5.41, 5.74) is 3.76. The maximum atomic E-state index is 12.0. The number of phenolic OH excluding ortho intramolecular Hbond substituents is 1. The number of ether oxygens (including phenoxy) is 1. The van der Waals surface area contributed by atoms with E-state index in [1.807, 2.05) is 48.5 Å². The molecule has 3 aromatic carbocycles. The number of para-hydroxylation sites is 1. The van der Waals surface area contributed by atoms with E-state index < -0.39 is 0 Å². The Bertz CT molecular complexity index is 1260. The first-order valence-corrected chi connectivity index (χ1v) is 11.5. The molecule has 1 aliphatic heterocycles. The summed E-state index contributed by atoms with van der Waals surface area (Å²) in [4.78, 5) is 14.4. The lowest BCUT2D eigenvalue weighted by molar-refractivity contribution is 0.112. The molecule has 0 unspecified atom stereocenters. The van der Waals surface area contributed by atoms with Gasteiger partial charge in [0.1, 0.15) is 29.4 Å². The number of carbonyl (C=O) groups is 1. The van der Waals surface area contributed by atoms with Gasteiger partial charge in [0.25, 0.3) is 0 Å². The molecule has 5 rings (SSSR count). The van der Waals surface area contributed by atoms with Crippen LogP contribution in [0, 0.1) is 0 Å². The van der Waals surface area contributed by atoms with Crippen LogP contribution in [0.25, 0.3) is 33.4 Å². The summed E-state index contributed by atoms with van der Waals surface area (Å²) in [5.74, 6) is 1.58. The minimum atomic E-state index is 0.